The van der Waals surface area contributed by atoms with Crippen LogP contribution < -0.4 is 4.72 Å². The highest BCUT2D eigenvalue weighted by Gasteiger charge is 2.39. The third kappa shape index (κ3) is 5.40. The molecule has 0 spiro atoms. The van der Waals surface area contributed by atoms with Crippen molar-refractivity contribution in [2.45, 2.75) is 58.8 Å². The van der Waals surface area contributed by atoms with E-state index in [4.69, 9.17) is 0 Å². The number of aliphatic carboxylic acids is 1. The quantitative estimate of drug-likeness (QED) is 0.707. The van der Waals surface area contributed by atoms with Gasteiger partial charge in [0.25, 0.3) is 0 Å². The molecule has 1 aliphatic carbocycles. The van der Waals surface area contributed by atoms with Crippen LogP contribution in [0.1, 0.15) is 58.8 Å². The lowest BCUT2D eigenvalue weighted by atomic mass is 9.80. The van der Waals surface area contributed by atoms with Crippen LogP contribution in [-0.2, 0) is 14.8 Å². The highest BCUT2D eigenvalue weighted by molar-refractivity contribution is 7.89. The van der Waals surface area contributed by atoms with Crippen molar-refractivity contribution in [3.8, 4) is 0 Å². The highest BCUT2D eigenvalue weighted by Crippen LogP contribution is 2.35. The second-order valence-corrected chi connectivity index (χ2v) is 8.25. The first-order chi connectivity index (χ1) is 9.27. The molecule has 0 bridgehead atoms. The van der Waals surface area contributed by atoms with Gasteiger partial charge in [-0.15, -0.1) is 0 Å². The monoisotopic (exact) mass is 305 g/mol. The van der Waals surface area contributed by atoms with Gasteiger partial charge in [0.2, 0.25) is 10.0 Å². The first kappa shape index (κ1) is 17.4. The summed E-state index contributed by atoms with van der Waals surface area (Å²) in [5, 5.41) is 9.49. The molecular formula is C14H27NO4S. The minimum atomic E-state index is -3.37. The van der Waals surface area contributed by atoms with Crippen molar-refractivity contribution < 1.29 is 18.3 Å². The van der Waals surface area contributed by atoms with Crippen molar-refractivity contribution in [1.29, 1.82) is 0 Å². The molecule has 1 aliphatic rings. The Morgan fingerprint density at radius 3 is 2.20 bits per heavy atom. The Kier molecular flexibility index (Phi) is 6.45. The molecule has 1 saturated carbocycles. The third-order valence-electron chi connectivity index (χ3n) is 4.11. The van der Waals surface area contributed by atoms with Crippen LogP contribution in [0.5, 0.6) is 0 Å². The van der Waals surface area contributed by atoms with Crippen LogP contribution in [0.4, 0.5) is 0 Å². The zero-order valence-corrected chi connectivity index (χ0v) is 13.3. The summed E-state index contributed by atoms with van der Waals surface area (Å²) in [4.78, 5) is 11.6. The topological polar surface area (TPSA) is 83.5 Å². The largest absolute Gasteiger partial charge is 0.481 e. The molecular weight excluding hydrogens is 278 g/mol. The van der Waals surface area contributed by atoms with Gasteiger partial charge in [0.15, 0.2) is 0 Å². The highest BCUT2D eigenvalue weighted by atomic mass is 32.2. The Hall–Kier alpha value is -0.620. The van der Waals surface area contributed by atoms with Crippen molar-refractivity contribution in [2.75, 3.05) is 12.3 Å². The van der Waals surface area contributed by atoms with Gasteiger partial charge in [-0.2, -0.15) is 0 Å². The van der Waals surface area contributed by atoms with Crippen LogP contribution in [-0.4, -0.2) is 31.8 Å². The maximum Gasteiger partial charge on any atom is 0.310 e. The van der Waals surface area contributed by atoms with Gasteiger partial charge in [-0.25, -0.2) is 13.1 Å². The average molecular weight is 305 g/mol. The van der Waals surface area contributed by atoms with E-state index in [1.807, 2.05) is 13.8 Å². The van der Waals surface area contributed by atoms with Crippen LogP contribution in [0.3, 0.4) is 0 Å². The standard InChI is InChI=1S/C14H27NO4S/c1-12(2)7-10-20(18,19)15-11-14(13(16)17)8-5-3-4-6-9-14/h12,15H,3-11H2,1-2H3,(H,16,17). The number of rotatable bonds is 7. The molecule has 2 N–H and O–H groups in total. The summed E-state index contributed by atoms with van der Waals surface area (Å²) in [6.07, 6.45) is 5.52. The van der Waals surface area contributed by atoms with E-state index in [0.29, 0.717) is 25.2 Å². The molecule has 1 rings (SSSR count). The predicted octanol–water partition coefficient (Wildman–Crippen LogP) is 2.38. The Morgan fingerprint density at radius 1 is 1.20 bits per heavy atom. The minimum absolute atomic E-state index is 0.0305. The summed E-state index contributed by atoms with van der Waals surface area (Å²) < 4.78 is 26.4. The predicted molar refractivity (Wildman–Crippen MR) is 79.0 cm³/mol. The lowest BCUT2D eigenvalue weighted by Crippen LogP contribution is -2.43. The van der Waals surface area contributed by atoms with E-state index in [-0.39, 0.29) is 12.3 Å². The summed E-state index contributed by atoms with van der Waals surface area (Å²) in [6, 6.07) is 0. The van der Waals surface area contributed by atoms with Crippen molar-refractivity contribution in [2.24, 2.45) is 11.3 Å². The molecule has 0 amide bonds. The fraction of sp³-hybridized carbons (Fsp3) is 0.929. The van der Waals surface area contributed by atoms with Gasteiger partial charge >= 0.3 is 5.97 Å². The second kappa shape index (κ2) is 7.41. The number of carboxylic acids is 1. The molecule has 6 heteroatoms. The van der Waals surface area contributed by atoms with Crippen LogP contribution in [0.25, 0.3) is 0 Å². The normalized spacial score (nSPS) is 19.8. The summed E-state index contributed by atoms with van der Waals surface area (Å²) in [5.41, 5.74) is -0.915. The molecule has 0 atom stereocenters. The molecule has 0 aromatic rings. The van der Waals surface area contributed by atoms with E-state index in [9.17, 15) is 18.3 Å². The first-order valence-corrected chi connectivity index (χ1v) is 9.13. The fourth-order valence-corrected chi connectivity index (χ4v) is 4.00. The molecule has 20 heavy (non-hydrogen) atoms. The Morgan fingerprint density at radius 2 is 1.75 bits per heavy atom. The molecule has 1 fully saturated rings. The van der Waals surface area contributed by atoms with Gasteiger partial charge in [0.1, 0.15) is 0 Å². The molecule has 0 saturated heterocycles. The van der Waals surface area contributed by atoms with Crippen LogP contribution in [0.2, 0.25) is 0 Å². The zero-order valence-electron chi connectivity index (χ0n) is 12.5. The number of nitrogens with one attached hydrogen (secondary N) is 1. The van der Waals surface area contributed by atoms with Crippen molar-refractivity contribution in [3.05, 3.63) is 0 Å². The molecule has 0 radical (unpaired) electrons. The molecule has 118 valence electrons. The molecule has 0 aromatic heterocycles. The van der Waals surface area contributed by atoms with E-state index in [2.05, 4.69) is 4.72 Å². The average Bonchev–Trinajstić information content (AvgIpc) is 2.61. The number of hydrogen-bond donors (Lipinski definition) is 2. The Labute approximate surface area is 122 Å². The minimum Gasteiger partial charge on any atom is -0.481 e. The third-order valence-corrected chi connectivity index (χ3v) is 5.47. The Balaban J connectivity index is 2.65. The van der Waals surface area contributed by atoms with Gasteiger partial charge in [0.05, 0.1) is 11.2 Å². The fourth-order valence-electron chi connectivity index (χ4n) is 2.58. The maximum atomic E-state index is 11.9. The molecule has 5 nitrogen and oxygen atoms in total. The van der Waals surface area contributed by atoms with Crippen molar-refractivity contribution in [3.63, 3.8) is 0 Å². The van der Waals surface area contributed by atoms with Crippen LogP contribution in [0.15, 0.2) is 0 Å². The van der Waals surface area contributed by atoms with Gasteiger partial charge in [-0.1, -0.05) is 39.5 Å². The number of sulfonamides is 1. The van der Waals surface area contributed by atoms with Gasteiger partial charge in [-0.05, 0) is 25.2 Å². The molecule has 0 aliphatic heterocycles. The first-order valence-electron chi connectivity index (χ1n) is 7.48. The number of carbonyl (C=O) groups is 1. The van der Waals surface area contributed by atoms with E-state index in [1.165, 1.54) is 0 Å². The van der Waals surface area contributed by atoms with E-state index in [1.54, 1.807) is 0 Å². The van der Waals surface area contributed by atoms with E-state index < -0.39 is 21.4 Å². The number of hydrogen-bond acceptors (Lipinski definition) is 3. The number of carboxylic acid groups (broad SMARTS) is 1. The summed E-state index contributed by atoms with van der Waals surface area (Å²) >= 11 is 0. The lowest BCUT2D eigenvalue weighted by molar-refractivity contribution is -0.149. The van der Waals surface area contributed by atoms with E-state index in [0.717, 1.165) is 25.7 Å². The van der Waals surface area contributed by atoms with Gasteiger partial charge < -0.3 is 5.11 Å². The molecule has 0 heterocycles. The van der Waals surface area contributed by atoms with Gasteiger partial charge in [0, 0.05) is 6.54 Å². The summed E-state index contributed by atoms with van der Waals surface area (Å²) in [5.74, 6) is -0.482. The van der Waals surface area contributed by atoms with Crippen LogP contribution in [0, 0.1) is 11.3 Å². The maximum absolute atomic E-state index is 11.9. The summed E-state index contributed by atoms with van der Waals surface area (Å²) in [7, 11) is -3.37. The Bertz CT molecular complexity index is 409. The summed E-state index contributed by atoms with van der Waals surface area (Å²) in [6.45, 7) is 3.97. The SMILES string of the molecule is CC(C)CCS(=O)(=O)NCC1(C(=O)O)CCCCCC1. The van der Waals surface area contributed by atoms with Crippen LogP contribution >= 0.6 is 0 Å². The van der Waals surface area contributed by atoms with E-state index >= 15 is 0 Å². The lowest BCUT2D eigenvalue weighted by Gasteiger charge is -2.28. The second-order valence-electron chi connectivity index (χ2n) is 6.32. The molecule has 0 unspecified atom stereocenters. The smallest absolute Gasteiger partial charge is 0.310 e. The van der Waals surface area contributed by atoms with Gasteiger partial charge in [-0.3, -0.25) is 4.79 Å². The van der Waals surface area contributed by atoms with Crippen molar-refractivity contribution in [1.82, 2.24) is 4.72 Å². The van der Waals surface area contributed by atoms with Crippen molar-refractivity contribution >= 4 is 16.0 Å². The molecule has 0 aromatic carbocycles. The zero-order chi connectivity index (χ0) is 15.2.